The molecule has 6 heteroatoms. The van der Waals surface area contributed by atoms with Crippen LogP contribution in [0.5, 0.6) is 0 Å². The zero-order valence-electron chi connectivity index (χ0n) is 13.2. The first kappa shape index (κ1) is 15.2. The molecule has 1 aliphatic heterocycles. The summed E-state index contributed by atoms with van der Waals surface area (Å²) in [5.74, 6) is 0.235. The number of piperidine rings is 1. The molecule has 0 aliphatic carbocycles. The highest BCUT2D eigenvalue weighted by Crippen LogP contribution is 2.23. The van der Waals surface area contributed by atoms with Gasteiger partial charge in [-0.2, -0.15) is 5.10 Å². The third-order valence-corrected chi connectivity index (χ3v) is 4.85. The number of likely N-dealkylation sites (tertiary alicyclic amines) is 1. The minimum atomic E-state index is 0.235. The molecule has 118 valence electrons. The van der Waals surface area contributed by atoms with Gasteiger partial charge in [-0.1, -0.05) is 0 Å². The molecule has 3 heterocycles. The molecule has 2 aromatic rings. The second-order valence-corrected chi connectivity index (χ2v) is 6.71. The van der Waals surface area contributed by atoms with Crippen molar-refractivity contribution < 1.29 is 4.79 Å². The summed E-state index contributed by atoms with van der Waals surface area (Å²) in [6.07, 6.45) is 3.43. The van der Waals surface area contributed by atoms with Gasteiger partial charge in [-0.05, 0) is 39.2 Å². The normalized spacial score (nSPS) is 18.6. The number of aromatic nitrogens is 3. The zero-order valence-corrected chi connectivity index (χ0v) is 14.0. The van der Waals surface area contributed by atoms with Crippen LogP contribution in [0.3, 0.4) is 0 Å². The molecule has 0 bridgehead atoms. The predicted molar refractivity (Wildman–Crippen MR) is 87.0 cm³/mol. The van der Waals surface area contributed by atoms with E-state index >= 15 is 0 Å². The molecular weight excluding hydrogens is 296 g/mol. The molecule has 2 aromatic heterocycles. The van der Waals surface area contributed by atoms with Crippen molar-refractivity contribution in [1.29, 1.82) is 0 Å². The molecular formula is C16H22N4OS. The van der Waals surface area contributed by atoms with Crippen molar-refractivity contribution in [3.8, 4) is 0 Å². The average molecular weight is 318 g/mol. The highest BCUT2D eigenvalue weighted by Gasteiger charge is 2.25. The van der Waals surface area contributed by atoms with E-state index in [4.69, 9.17) is 0 Å². The standard InChI is InChI=1S/C16H22N4OS/c1-12-8-13(2)20(18-12)15-4-3-7-19(9-15)16(21)6-5-14-10-22-11-17-14/h8,10-11,15H,3-7,9H2,1-2H3. The SMILES string of the molecule is Cc1cc(C)n(C2CCCN(C(=O)CCc3cscn3)C2)n1. The van der Waals surface area contributed by atoms with Crippen LogP contribution >= 0.6 is 11.3 Å². The summed E-state index contributed by atoms with van der Waals surface area (Å²) in [7, 11) is 0. The van der Waals surface area contributed by atoms with Gasteiger partial charge in [0, 0.05) is 30.6 Å². The van der Waals surface area contributed by atoms with Crippen LogP contribution in [-0.4, -0.2) is 38.7 Å². The Hall–Kier alpha value is -1.69. The molecule has 0 N–H and O–H groups in total. The molecule has 1 unspecified atom stereocenters. The number of rotatable bonds is 4. The first-order valence-corrected chi connectivity index (χ1v) is 8.75. The largest absolute Gasteiger partial charge is 0.341 e. The number of hydrogen-bond acceptors (Lipinski definition) is 4. The molecule has 0 radical (unpaired) electrons. The predicted octanol–water partition coefficient (Wildman–Crippen LogP) is 2.75. The van der Waals surface area contributed by atoms with Crippen molar-refractivity contribution in [2.24, 2.45) is 0 Å². The summed E-state index contributed by atoms with van der Waals surface area (Å²) in [5.41, 5.74) is 5.06. The van der Waals surface area contributed by atoms with Gasteiger partial charge < -0.3 is 4.90 Å². The Kier molecular flexibility index (Phi) is 4.57. The van der Waals surface area contributed by atoms with Crippen LogP contribution in [0.25, 0.3) is 0 Å². The lowest BCUT2D eigenvalue weighted by molar-refractivity contribution is -0.132. The van der Waals surface area contributed by atoms with E-state index in [1.165, 1.54) is 5.69 Å². The van der Waals surface area contributed by atoms with E-state index in [-0.39, 0.29) is 5.91 Å². The topological polar surface area (TPSA) is 51.0 Å². The second kappa shape index (κ2) is 6.60. The van der Waals surface area contributed by atoms with E-state index in [0.717, 1.165) is 43.7 Å². The van der Waals surface area contributed by atoms with E-state index in [1.807, 2.05) is 22.7 Å². The Bertz CT molecular complexity index is 635. The third-order valence-electron chi connectivity index (χ3n) is 4.22. The Morgan fingerprint density at radius 2 is 2.32 bits per heavy atom. The number of carbonyl (C=O) groups excluding carboxylic acids is 1. The van der Waals surface area contributed by atoms with Crippen LogP contribution in [0.1, 0.15) is 42.4 Å². The van der Waals surface area contributed by atoms with E-state index in [2.05, 4.69) is 27.8 Å². The molecule has 5 nitrogen and oxygen atoms in total. The molecule has 0 spiro atoms. The van der Waals surface area contributed by atoms with Gasteiger partial charge in [0.25, 0.3) is 0 Å². The fraction of sp³-hybridized carbons (Fsp3) is 0.562. The van der Waals surface area contributed by atoms with Crippen molar-refractivity contribution in [2.75, 3.05) is 13.1 Å². The quantitative estimate of drug-likeness (QED) is 0.871. The Morgan fingerprint density at radius 1 is 1.45 bits per heavy atom. The minimum Gasteiger partial charge on any atom is -0.341 e. The molecule has 1 amide bonds. The first-order chi connectivity index (χ1) is 10.6. The van der Waals surface area contributed by atoms with E-state index in [0.29, 0.717) is 12.5 Å². The number of nitrogens with zero attached hydrogens (tertiary/aromatic N) is 4. The highest BCUT2D eigenvalue weighted by atomic mass is 32.1. The number of amides is 1. The van der Waals surface area contributed by atoms with Crippen LogP contribution in [0, 0.1) is 13.8 Å². The van der Waals surface area contributed by atoms with Crippen LogP contribution in [0.15, 0.2) is 17.0 Å². The number of aryl methyl sites for hydroxylation is 3. The van der Waals surface area contributed by atoms with Gasteiger partial charge in [-0.15, -0.1) is 11.3 Å². The van der Waals surface area contributed by atoms with Crippen LogP contribution in [0.2, 0.25) is 0 Å². The van der Waals surface area contributed by atoms with E-state index < -0.39 is 0 Å². The van der Waals surface area contributed by atoms with Gasteiger partial charge in [0.15, 0.2) is 0 Å². The summed E-state index contributed by atoms with van der Waals surface area (Å²) >= 11 is 1.58. The van der Waals surface area contributed by atoms with Crippen molar-refractivity contribution >= 4 is 17.2 Å². The summed E-state index contributed by atoms with van der Waals surface area (Å²) < 4.78 is 2.09. The fourth-order valence-corrected chi connectivity index (χ4v) is 3.74. The van der Waals surface area contributed by atoms with E-state index in [1.54, 1.807) is 11.3 Å². The molecule has 1 aliphatic rings. The average Bonchev–Trinajstić information content (AvgIpc) is 3.14. The van der Waals surface area contributed by atoms with Gasteiger partial charge in [0.1, 0.15) is 0 Å². The zero-order chi connectivity index (χ0) is 15.5. The van der Waals surface area contributed by atoms with Crippen molar-refractivity contribution in [1.82, 2.24) is 19.7 Å². The second-order valence-electron chi connectivity index (χ2n) is 5.99. The van der Waals surface area contributed by atoms with E-state index in [9.17, 15) is 4.79 Å². The van der Waals surface area contributed by atoms with Crippen molar-refractivity contribution in [3.63, 3.8) is 0 Å². The molecule has 1 fully saturated rings. The van der Waals surface area contributed by atoms with Gasteiger partial charge in [0.2, 0.25) is 5.91 Å². The number of thiazole rings is 1. The van der Waals surface area contributed by atoms with Gasteiger partial charge in [-0.3, -0.25) is 9.48 Å². The lowest BCUT2D eigenvalue weighted by Gasteiger charge is -2.33. The lowest BCUT2D eigenvalue weighted by Crippen LogP contribution is -2.41. The summed E-state index contributed by atoms with van der Waals surface area (Å²) in [4.78, 5) is 18.7. The van der Waals surface area contributed by atoms with Crippen LogP contribution in [0.4, 0.5) is 0 Å². The maximum Gasteiger partial charge on any atom is 0.223 e. The maximum absolute atomic E-state index is 12.4. The van der Waals surface area contributed by atoms with Gasteiger partial charge >= 0.3 is 0 Å². The highest BCUT2D eigenvalue weighted by molar-refractivity contribution is 7.07. The smallest absolute Gasteiger partial charge is 0.223 e. The van der Waals surface area contributed by atoms with Crippen molar-refractivity contribution in [2.45, 2.75) is 45.6 Å². The maximum atomic E-state index is 12.4. The molecule has 22 heavy (non-hydrogen) atoms. The molecule has 1 saturated heterocycles. The molecule has 0 aromatic carbocycles. The summed E-state index contributed by atoms with van der Waals surface area (Å²) in [5, 5.41) is 6.60. The summed E-state index contributed by atoms with van der Waals surface area (Å²) in [6.45, 7) is 5.75. The molecule has 3 rings (SSSR count). The number of hydrogen-bond donors (Lipinski definition) is 0. The molecule has 1 atom stereocenters. The Morgan fingerprint density at radius 3 is 3.00 bits per heavy atom. The number of carbonyl (C=O) groups is 1. The summed E-state index contributed by atoms with van der Waals surface area (Å²) in [6, 6.07) is 2.41. The molecule has 0 saturated carbocycles. The fourth-order valence-electron chi connectivity index (χ4n) is 3.15. The Balaban J connectivity index is 1.60. The first-order valence-electron chi connectivity index (χ1n) is 7.81. The van der Waals surface area contributed by atoms with Gasteiger partial charge in [0.05, 0.1) is 22.9 Å². The Labute approximate surface area is 135 Å². The van der Waals surface area contributed by atoms with Crippen LogP contribution in [-0.2, 0) is 11.2 Å². The van der Waals surface area contributed by atoms with Crippen LogP contribution < -0.4 is 0 Å². The monoisotopic (exact) mass is 318 g/mol. The van der Waals surface area contributed by atoms with Gasteiger partial charge in [-0.25, -0.2) is 4.98 Å². The van der Waals surface area contributed by atoms with Crippen molar-refractivity contribution in [3.05, 3.63) is 34.0 Å². The third kappa shape index (κ3) is 3.38. The lowest BCUT2D eigenvalue weighted by atomic mass is 10.0. The minimum absolute atomic E-state index is 0.235.